The van der Waals surface area contributed by atoms with Crippen LogP contribution in [0.1, 0.15) is 23.6 Å². The van der Waals surface area contributed by atoms with Crippen LogP contribution in [0.4, 0.5) is 5.82 Å². The molecule has 0 saturated heterocycles. The average Bonchev–Trinajstić information content (AvgIpc) is 2.63. The van der Waals surface area contributed by atoms with Crippen molar-refractivity contribution in [3.63, 3.8) is 0 Å². The molecule has 0 aliphatic carbocycles. The fourth-order valence-corrected chi connectivity index (χ4v) is 1.77. The Balaban J connectivity index is 2.54. The van der Waals surface area contributed by atoms with Crippen LogP contribution in [0.2, 0.25) is 0 Å². The normalized spacial score (nSPS) is 10.7. The molecule has 0 saturated carbocycles. The van der Waals surface area contributed by atoms with Crippen LogP contribution in [-0.4, -0.2) is 5.16 Å². The number of rotatable bonds is 2. The first-order valence-electron chi connectivity index (χ1n) is 5.45. The summed E-state index contributed by atoms with van der Waals surface area (Å²) in [6.45, 7) is 6.23. The van der Waals surface area contributed by atoms with Crippen LogP contribution < -0.4 is 5.73 Å². The van der Waals surface area contributed by atoms with Crippen LogP contribution in [0.15, 0.2) is 22.7 Å². The number of nitrogen functional groups attached to an aromatic ring is 1. The van der Waals surface area contributed by atoms with E-state index in [9.17, 15) is 0 Å². The van der Waals surface area contributed by atoms with Crippen LogP contribution in [0.25, 0.3) is 11.3 Å². The number of anilines is 1. The van der Waals surface area contributed by atoms with Gasteiger partial charge in [-0.05, 0) is 37.5 Å². The van der Waals surface area contributed by atoms with E-state index >= 15 is 0 Å². The Morgan fingerprint density at radius 2 is 2.00 bits per heavy atom. The van der Waals surface area contributed by atoms with Crippen molar-refractivity contribution in [3.05, 3.63) is 34.9 Å². The molecule has 2 aromatic rings. The summed E-state index contributed by atoms with van der Waals surface area (Å²) < 4.78 is 5.29. The van der Waals surface area contributed by atoms with Gasteiger partial charge in [-0.1, -0.05) is 24.2 Å². The Morgan fingerprint density at radius 3 is 2.62 bits per heavy atom. The monoisotopic (exact) mass is 216 g/mol. The second kappa shape index (κ2) is 4.00. The maximum Gasteiger partial charge on any atom is 0.172 e. The molecular formula is C13H16N2O. The molecule has 2 N–H and O–H groups in total. The first-order chi connectivity index (χ1) is 7.63. The lowest BCUT2D eigenvalue weighted by atomic mass is 10.0. The second-order valence-corrected chi connectivity index (χ2v) is 4.03. The van der Waals surface area contributed by atoms with Crippen LogP contribution >= 0.6 is 0 Å². The number of nitrogens with zero attached hydrogens (tertiary/aromatic N) is 1. The van der Waals surface area contributed by atoms with Gasteiger partial charge in [0.25, 0.3) is 0 Å². The zero-order valence-corrected chi connectivity index (χ0v) is 9.87. The van der Waals surface area contributed by atoms with Gasteiger partial charge in [0, 0.05) is 11.1 Å². The number of aromatic nitrogens is 1. The van der Waals surface area contributed by atoms with E-state index in [4.69, 9.17) is 10.3 Å². The molecule has 0 unspecified atom stereocenters. The summed E-state index contributed by atoms with van der Waals surface area (Å²) in [5.41, 5.74) is 10.3. The van der Waals surface area contributed by atoms with Gasteiger partial charge in [0.2, 0.25) is 0 Å². The van der Waals surface area contributed by atoms with E-state index in [-0.39, 0.29) is 0 Å². The molecule has 0 spiro atoms. The Bertz CT molecular complexity index is 515. The van der Waals surface area contributed by atoms with Crippen molar-refractivity contribution in [2.45, 2.75) is 27.2 Å². The summed E-state index contributed by atoms with van der Waals surface area (Å²) in [5, 5.41) is 3.82. The number of aryl methyl sites for hydroxylation is 2. The van der Waals surface area contributed by atoms with Gasteiger partial charge in [-0.15, -0.1) is 0 Å². The largest absolute Gasteiger partial charge is 0.381 e. The summed E-state index contributed by atoms with van der Waals surface area (Å²) in [7, 11) is 0. The topological polar surface area (TPSA) is 52.0 Å². The molecule has 1 aromatic carbocycles. The molecule has 3 nitrogen and oxygen atoms in total. The molecule has 1 heterocycles. The molecule has 1 aromatic heterocycles. The van der Waals surface area contributed by atoms with Crippen LogP contribution in [-0.2, 0) is 6.42 Å². The van der Waals surface area contributed by atoms with Gasteiger partial charge < -0.3 is 10.3 Å². The molecule has 0 radical (unpaired) electrons. The van der Waals surface area contributed by atoms with Crippen LogP contribution in [0, 0.1) is 13.8 Å². The first kappa shape index (κ1) is 10.7. The highest BCUT2D eigenvalue weighted by molar-refractivity contribution is 5.67. The highest BCUT2D eigenvalue weighted by Crippen LogP contribution is 2.29. The van der Waals surface area contributed by atoms with E-state index in [2.05, 4.69) is 31.1 Å². The van der Waals surface area contributed by atoms with Gasteiger partial charge in [0.05, 0.1) is 0 Å². The molecular weight excluding hydrogens is 200 g/mol. The predicted octanol–water partition coefficient (Wildman–Crippen LogP) is 3.10. The maximum atomic E-state index is 5.75. The van der Waals surface area contributed by atoms with Crippen molar-refractivity contribution in [1.82, 2.24) is 5.16 Å². The summed E-state index contributed by atoms with van der Waals surface area (Å²) in [6, 6.07) is 6.23. The number of hydrogen-bond donors (Lipinski definition) is 1. The standard InChI is InChI=1S/C13H16N2O/c1-4-11-12(16-15-13(11)14)10-6-5-8(2)9(3)7-10/h5-7H,4H2,1-3H3,(H2,14,15). The lowest BCUT2D eigenvalue weighted by Gasteiger charge is -2.03. The molecule has 0 bridgehead atoms. The lowest BCUT2D eigenvalue weighted by Crippen LogP contribution is -1.91. The van der Waals surface area contributed by atoms with E-state index in [1.165, 1.54) is 11.1 Å². The highest BCUT2D eigenvalue weighted by atomic mass is 16.5. The van der Waals surface area contributed by atoms with Crippen molar-refractivity contribution in [2.24, 2.45) is 0 Å². The number of benzene rings is 1. The van der Waals surface area contributed by atoms with E-state index in [0.717, 1.165) is 23.3 Å². The third-order valence-corrected chi connectivity index (χ3v) is 2.94. The Morgan fingerprint density at radius 1 is 1.25 bits per heavy atom. The molecule has 0 aliphatic heterocycles. The molecule has 3 heteroatoms. The van der Waals surface area contributed by atoms with Gasteiger partial charge in [-0.2, -0.15) is 0 Å². The van der Waals surface area contributed by atoms with E-state index in [1.54, 1.807) is 0 Å². The summed E-state index contributed by atoms with van der Waals surface area (Å²) in [5.74, 6) is 1.29. The summed E-state index contributed by atoms with van der Waals surface area (Å²) >= 11 is 0. The minimum Gasteiger partial charge on any atom is -0.381 e. The molecule has 0 atom stereocenters. The minimum atomic E-state index is 0.496. The quantitative estimate of drug-likeness (QED) is 0.839. The molecule has 0 aliphatic rings. The van der Waals surface area contributed by atoms with Crippen molar-refractivity contribution in [1.29, 1.82) is 0 Å². The fraction of sp³-hybridized carbons (Fsp3) is 0.308. The summed E-state index contributed by atoms with van der Waals surface area (Å²) in [4.78, 5) is 0. The third-order valence-electron chi connectivity index (χ3n) is 2.94. The zero-order valence-electron chi connectivity index (χ0n) is 9.87. The molecule has 16 heavy (non-hydrogen) atoms. The first-order valence-corrected chi connectivity index (χ1v) is 5.45. The highest BCUT2D eigenvalue weighted by Gasteiger charge is 2.14. The Labute approximate surface area is 95.3 Å². The molecule has 0 amide bonds. The third kappa shape index (κ3) is 1.69. The van der Waals surface area contributed by atoms with Crippen LogP contribution in [0.5, 0.6) is 0 Å². The number of hydrogen-bond acceptors (Lipinski definition) is 3. The second-order valence-electron chi connectivity index (χ2n) is 4.03. The van der Waals surface area contributed by atoms with Gasteiger partial charge in [0.1, 0.15) is 0 Å². The van der Waals surface area contributed by atoms with Gasteiger partial charge >= 0.3 is 0 Å². The smallest absolute Gasteiger partial charge is 0.172 e. The Kier molecular flexibility index (Phi) is 2.69. The molecule has 0 fully saturated rings. The van der Waals surface area contributed by atoms with E-state index in [0.29, 0.717) is 5.82 Å². The molecule has 2 rings (SSSR count). The average molecular weight is 216 g/mol. The van der Waals surface area contributed by atoms with Crippen LogP contribution in [0.3, 0.4) is 0 Å². The van der Waals surface area contributed by atoms with Crippen molar-refractivity contribution in [2.75, 3.05) is 5.73 Å². The predicted molar refractivity (Wildman–Crippen MR) is 65.2 cm³/mol. The minimum absolute atomic E-state index is 0.496. The fourth-order valence-electron chi connectivity index (χ4n) is 1.77. The number of nitrogens with two attached hydrogens (primary N) is 1. The maximum absolute atomic E-state index is 5.75. The Hall–Kier alpha value is -1.77. The van der Waals surface area contributed by atoms with E-state index in [1.807, 2.05) is 13.0 Å². The van der Waals surface area contributed by atoms with Gasteiger partial charge in [-0.3, -0.25) is 0 Å². The van der Waals surface area contributed by atoms with E-state index < -0.39 is 0 Å². The van der Waals surface area contributed by atoms with Crippen molar-refractivity contribution >= 4 is 5.82 Å². The molecule has 84 valence electrons. The van der Waals surface area contributed by atoms with Gasteiger partial charge in [0.15, 0.2) is 11.6 Å². The van der Waals surface area contributed by atoms with Gasteiger partial charge in [-0.25, -0.2) is 0 Å². The van der Waals surface area contributed by atoms with Crippen molar-refractivity contribution < 1.29 is 4.52 Å². The zero-order chi connectivity index (χ0) is 11.7. The SMILES string of the molecule is CCc1c(N)noc1-c1ccc(C)c(C)c1. The summed E-state index contributed by atoms with van der Waals surface area (Å²) in [6.07, 6.45) is 0.831. The lowest BCUT2D eigenvalue weighted by molar-refractivity contribution is 0.435. The van der Waals surface area contributed by atoms with Crippen molar-refractivity contribution in [3.8, 4) is 11.3 Å².